The molecule has 0 saturated carbocycles. The number of nitrogens with one attached hydrogen (secondary N) is 1. The first-order valence-electron chi connectivity index (χ1n) is 6.48. The summed E-state index contributed by atoms with van der Waals surface area (Å²) in [6, 6.07) is 14.1. The zero-order valence-electron chi connectivity index (χ0n) is 11.2. The lowest BCUT2D eigenvalue weighted by Crippen LogP contribution is -2.27. The topological polar surface area (TPSA) is 32.3 Å². The normalized spacial score (nSPS) is 14.0. The van der Waals surface area contributed by atoms with Gasteiger partial charge < -0.3 is 10.4 Å². The van der Waals surface area contributed by atoms with Gasteiger partial charge in [0, 0.05) is 6.04 Å². The van der Waals surface area contributed by atoms with Gasteiger partial charge in [0.15, 0.2) is 0 Å². The van der Waals surface area contributed by atoms with E-state index in [9.17, 15) is 9.50 Å². The van der Waals surface area contributed by atoms with Crippen LogP contribution in [0, 0.1) is 5.82 Å². The molecule has 0 spiro atoms. The molecule has 2 atom stereocenters. The van der Waals surface area contributed by atoms with Crippen LogP contribution in [0.25, 0.3) is 0 Å². The summed E-state index contributed by atoms with van der Waals surface area (Å²) in [4.78, 5) is 0. The molecule has 0 bridgehead atoms. The number of aliphatic hydroxyl groups is 1. The number of aliphatic hydroxyl groups excluding tert-OH is 1. The lowest BCUT2D eigenvalue weighted by Gasteiger charge is -2.22. The summed E-state index contributed by atoms with van der Waals surface area (Å²) >= 11 is 5.79. The molecule has 0 aliphatic heterocycles. The summed E-state index contributed by atoms with van der Waals surface area (Å²) < 4.78 is 13.2. The van der Waals surface area contributed by atoms with Gasteiger partial charge in [-0.3, -0.25) is 0 Å². The van der Waals surface area contributed by atoms with Crippen LogP contribution in [-0.4, -0.2) is 11.7 Å². The van der Waals surface area contributed by atoms with Gasteiger partial charge in [-0.05, 0) is 30.2 Å². The van der Waals surface area contributed by atoms with Crippen LogP contribution >= 0.6 is 11.6 Å². The molecule has 2 rings (SSSR count). The third-order valence-electron chi connectivity index (χ3n) is 3.28. The summed E-state index contributed by atoms with van der Waals surface area (Å²) in [5, 5.41) is 12.9. The van der Waals surface area contributed by atoms with E-state index in [2.05, 4.69) is 5.32 Å². The molecule has 0 amide bonds. The Labute approximate surface area is 123 Å². The molecule has 0 heterocycles. The van der Waals surface area contributed by atoms with Crippen LogP contribution in [0.5, 0.6) is 0 Å². The highest BCUT2D eigenvalue weighted by molar-refractivity contribution is 6.30. The van der Waals surface area contributed by atoms with Gasteiger partial charge in [-0.2, -0.15) is 0 Å². The van der Waals surface area contributed by atoms with E-state index in [1.165, 1.54) is 6.07 Å². The number of benzene rings is 2. The molecule has 106 valence electrons. The standard InChI is InChI=1S/C16H17ClFNO/c1-11(13-7-8-15(18)14(17)9-13)19-16(10-20)12-5-3-2-4-6-12/h2-9,11,16,19-20H,10H2,1H3/t11?,16-/m1/s1. The van der Waals surface area contributed by atoms with Gasteiger partial charge in [-0.25, -0.2) is 4.39 Å². The third-order valence-corrected chi connectivity index (χ3v) is 3.57. The van der Waals surface area contributed by atoms with Crippen LogP contribution in [0.2, 0.25) is 5.02 Å². The molecular formula is C16H17ClFNO. The average Bonchev–Trinajstić information content (AvgIpc) is 2.48. The molecule has 0 aliphatic carbocycles. The first-order chi connectivity index (χ1) is 9.61. The maximum Gasteiger partial charge on any atom is 0.141 e. The Hall–Kier alpha value is -1.42. The van der Waals surface area contributed by atoms with E-state index in [4.69, 9.17) is 11.6 Å². The third kappa shape index (κ3) is 3.57. The van der Waals surface area contributed by atoms with Crippen molar-refractivity contribution >= 4 is 11.6 Å². The average molecular weight is 294 g/mol. The molecule has 20 heavy (non-hydrogen) atoms. The van der Waals surface area contributed by atoms with Crippen molar-refractivity contribution in [2.75, 3.05) is 6.61 Å². The number of rotatable bonds is 5. The quantitative estimate of drug-likeness (QED) is 0.877. The molecule has 2 aromatic carbocycles. The second-order valence-electron chi connectivity index (χ2n) is 4.71. The fourth-order valence-electron chi connectivity index (χ4n) is 2.12. The Morgan fingerprint density at radius 1 is 1.15 bits per heavy atom. The first-order valence-corrected chi connectivity index (χ1v) is 6.86. The summed E-state index contributed by atoms with van der Waals surface area (Å²) in [6.07, 6.45) is 0. The second kappa shape index (κ2) is 6.84. The zero-order valence-corrected chi connectivity index (χ0v) is 11.9. The molecule has 0 fully saturated rings. The van der Waals surface area contributed by atoms with Crippen molar-refractivity contribution in [2.45, 2.75) is 19.0 Å². The summed E-state index contributed by atoms with van der Waals surface area (Å²) in [5.74, 6) is -0.426. The van der Waals surface area contributed by atoms with Crippen LogP contribution in [0.3, 0.4) is 0 Å². The molecule has 1 unspecified atom stereocenters. The van der Waals surface area contributed by atoms with Gasteiger partial charge in [0.1, 0.15) is 5.82 Å². The SMILES string of the molecule is CC(N[C@H](CO)c1ccccc1)c1ccc(F)c(Cl)c1. The molecule has 2 N–H and O–H groups in total. The number of halogens is 2. The van der Waals surface area contributed by atoms with Crippen LogP contribution in [-0.2, 0) is 0 Å². The minimum atomic E-state index is -0.426. The summed E-state index contributed by atoms with van der Waals surface area (Å²) in [6.45, 7) is 1.94. The monoisotopic (exact) mass is 293 g/mol. The molecule has 2 aromatic rings. The summed E-state index contributed by atoms with van der Waals surface area (Å²) in [7, 11) is 0. The van der Waals surface area contributed by atoms with Gasteiger partial charge in [0.05, 0.1) is 17.7 Å². The van der Waals surface area contributed by atoms with E-state index in [0.717, 1.165) is 11.1 Å². The fraction of sp³-hybridized carbons (Fsp3) is 0.250. The Kier molecular flexibility index (Phi) is 5.12. The van der Waals surface area contributed by atoms with Crippen LogP contribution in [0.15, 0.2) is 48.5 Å². The smallest absolute Gasteiger partial charge is 0.141 e. The van der Waals surface area contributed by atoms with Gasteiger partial charge >= 0.3 is 0 Å². The fourth-order valence-corrected chi connectivity index (χ4v) is 2.31. The van der Waals surface area contributed by atoms with E-state index in [-0.39, 0.29) is 23.7 Å². The van der Waals surface area contributed by atoms with Crippen molar-refractivity contribution in [1.82, 2.24) is 5.32 Å². The van der Waals surface area contributed by atoms with E-state index >= 15 is 0 Å². The minimum absolute atomic E-state index is 0.0106. The number of hydrogen-bond donors (Lipinski definition) is 2. The Morgan fingerprint density at radius 3 is 2.45 bits per heavy atom. The largest absolute Gasteiger partial charge is 0.394 e. The van der Waals surface area contributed by atoms with E-state index < -0.39 is 5.82 Å². The predicted octanol–water partition coefficient (Wildman–Crippen LogP) is 3.86. The molecule has 2 nitrogen and oxygen atoms in total. The van der Waals surface area contributed by atoms with Crippen molar-refractivity contribution in [1.29, 1.82) is 0 Å². The Balaban J connectivity index is 2.13. The zero-order chi connectivity index (χ0) is 14.5. The van der Waals surface area contributed by atoms with Crippen LogP contribution in [0.4, 0.5) is 4.39 Å². The minimum Gasteiger partial charge on any atom is -0.394 e. The molecule has 0 aromatic heterocycles. The van der Waals surface area contributed by atoms with E-state index in [1.54, 1.807) is 12.1 Å². The Morgan fingerprint density at radius 2 is 1.85 bits per heavy atom. The summed E-state index contributed by atoms with van der Waals surface area (Å²) in [5.41, 5.74) is 1.89. The molecule has 0 saturated heterocycles. The van der Waals surface area contributed by atoms with Gasteiger partial charge in [-0.1, -0.05) is 48.0 Å². The molecular weight excluding hydrogens is 277 g/mol. The first kappa shape index (κ1) is 15.0. The maximum absolute atomic E-state index is 13.2. The van der Waals surface area contributed by atoms with E-state index in [1.807, 2.05) is 37.3 Å². The lowest BCUT2D eigenvalue weighted by atomic mass is 10.0. The molecule has 0 aliphatic rings. The van der Waals surface area contributed by atoms with Crippen molar-refractivity contribution in [3.8, 4) is 0 Å². The highest BCUT2D eigenvalue weighted by atomic mass is 35.5. The van der Waals surface area contributed by atoms with Gasteiger partial charge in [-0.15, -0.1) is 0 Å². The highest BCUT2D eigenvalue weighted by Crippen LogP contribution is 2.23. The van der Waals surface area contributed by atoms with Crippen molar-refractivity contribution in [3.05, 3.63) is 70.5 Å². The van der Waals surface area contributed by atoms with Gasteiger partial charge in [0.25, 0.3) is 0 Å². The van der Waals surface area contributed by atoms with Crippen molar-refractivity contribution < 1.29 is 9.50 Å². The predicted molar refractivity (Wildman–Crippen MR) is 79.2 cm³/mol. The van der Waals surface area contributed by atoms with Crippen molar-refractivity contribution in [2.24, 2.45) is 0 Å². The van der Waals surface area contributed by atoms with Crippen LogP contribution < -0.4 is 5.32 Å². The Bertz CT molecular complexity index is 562. The maximum atomic E-state index is 13.2. The van der Waals surface area contributed by atoms with Crippen LogP contribution in [0.1, 0.15) is 30.1 Å². The molecule has 4 heteroatoms. The lowest BCUT2D eigenvalue weighted by molar-refractivity contribution is 0.235. The van der Waals surface area contributed by atoms with Crippen molar-refractivity contribution in [3.63, 3.8) is 0 Å². The highest BCUT2D eigenvalue weighted by Gasteiger charge is 2.15. The molecule has 0 radical (unpaired) electrons. The van der Waals surface area contributed by atoms with Gasteiger partial charge in [0.2, 0.25) is 0 Å². The number of hydrogen-bond acceptors (Lipinski definition) is 2. The van der Waals surface area contributed by atoms with E-state index in [0.29, 0.717) is 0 Å². The second-order valence-corrected chi connectivity index (χ2v) is 5.11.